The zero-order valence-corrected chi connectivity index (χ0v) is 14.4. The van der Waals surface area contributed by atoms with Gasteiger partial charge in [-0.3, -0.25) is 4.98 Å². The summed E-state index contributed by atoms with van der Waals surface area (Å²) in [5.74, 6) is 0.104. The molecule has 0 saturated carbocycles. The Balaban J connectivity index is 1.65. The Morgan fingerprint density at radius 2 is 1.85 bits per heavy atom. The fourth-order valence-corrected chi connectivity index (χ4v) is 2.88. The molecule has 4 rings (SSSR count). The van der Waals surface area contributed by atoms with Crippen molar-refractivity contribution < 1.29 is 13.2 Å². The zero-order valence-electron chi connectivity index (χ0n) is 14.4. The maximum absolute atomic E-state index is 14.0. The average Bonchev–Trinajstić information content (AvgIpc) is 3.18. The van der Waals surface area contributed by atoms with Crippen molar-refractivity contribution in [1.82, 2.24) is 9.97 Å². The molecule has 0 bridgehead atoms. The Labute approximate surface area is 155 Å². The number of hydrogen-bond donors (Lipinski definition) is 0. The van der Waals surface area contributed by atoms with E-state index in [-0.39, 0.29) is 12.2 Å². The van der Waals surface area contributed by atoms with Gasteiger partial charge in [0.1, 0.15) is 23.9 Å². The molecule has 0 radical (unpaired) electrons. The van der Waals surface area contributed by atoms with Gasteiger partial charge in [0.25, 0.3) is 0 Å². The second kappa shape index (κ2) is 7.11. The van der Waals surface area contributed by atoms with Gasteiger partial charge in [0, 0.05) is 34.7 Å². The van der Waals surface area contributed by atoms with Crippen molar-refractivity contribution in [3.05, 3.63) is 85.0 Å². The number of halogens is 2. The summed E-state index contributed by atoms with van der Waals surface area (Å²) in [7, 11) is 0. The summed E-state index contributed by atoms with van der Waals surface area (Å²) < 4.78 is 32.6. The molecular formula is C22H16F2N2O. The van der Waals surface area contributed by atoms with Crippen molar-refractivity contribution >= 4 is 10.9 Å². The number of rotatable bonds is 5. The number of aromatic nitrogens is 2. The van der Waals surface area contributed by atoms with Crippen molar-refractivity contribution in [2.45, 2.75) is 12.6 Å². The van der Waals surface area contributed by atoms with Crippen LogP contribution in [0.25, 0.3) is 33.6 Å². The van der Waals surface area contributed by atoms with Gasteiger partial charge in [-0.05, 0) is 36.4 Å². The van der Waals surface area contributed by atoms with Crippen molar-refractivity contribution in [3.63, 3.8) is 0 Å². The lowest BCUT2D eigenvalue weighted by Gasteiger charge is -2.07. The third-order valence-electron chi connectivity index (χ3n) is 4.33. The van der Waals surface area contributed by atoms with E-state index in [2.05, 4.69) is 16.5 Å². The molecule has 1 atom stereocenters. The molecule has 0 N–H and O–H groups in total. The van der Waals surface area contributed by atoms with Gasteiger partial charge >= 0.3 is 0 Å². The lowest BCUT2D eigenvalue weighted by atomic mass is 10.0. The smallest absolute Gasteiger partial charge is 0.226 e. The molecular weight excluding hydrogens is 346 g/mol. The van der Waals surface area contributed by atoms with Crippen molar-refractivity contribution in [2.75, 3.05) is 0 Å². The summed E-state index contributed by atoms with van der Waals surface area (Å²) in [6.07, 6.45) is 3.81. The fraction of sp³-hybridized carbons (Fsp3) is 0.0909. The maximum atomic E-state index is 14.0. The highest BCUT2D eigenvalue weighted by molar-refractivity contribution is 5.84. The van der Waals surface area contributed by atoms with E-state index in [1.807, 2.05) is 18.2 Å². The number of pyridine rings is 1. The summed E-state index contributed by atoms with van der Waals surface area (Å²) in [6, 6.07) is 13.4. The van der Waals surface area contributed by atoms with Gasteiger partial charge in [0.15, 0.2) is 0 Å². The minimum Gasteiger partial charge on any atom is -0.444 e. The molecule has 134 valence electrons. The lowest BCUT2D eigenvalue weighted by Crippen LogP contribution is -1.92. The Bertz CT molecular complexity index is 1100. The number of oxazole rings is 1. The Kier molecular flexibility index (Phi) is 4.50. The average molecular weight is 362 g/mol. The molecule has 0 aliphatic carbocycles. The van der Waals surface area contributed by atoms with Gasteiger partial charge in [-0.1, -0.05) is 18.2 Å². The van der Waals surface area contributed by atoms with Crippen LogP contribution in [-0.2, 0) is 0 Å². The molecule has 0 fully saturated rings. The standard InChI is InChI=1S/C22H16F2N2O/c1-2-3-19(24)17-10-15-4-5-16(11-20(15)25-12-17)21-13-27-22(26-21)14-6-8-18(23)9-7-14/h2,4-13,19H,1,3H2. The van der Waals surface area contributed by atoms with Crippen molar-refractivity contribution in [3.8, 4) is 22.7 Å². The first-order chi connectivity index (χ1) is 13.1. The molecule has 0 aliphatic rings. The summed E-state index contributed by atoms with van der Waals surface area (Å²) in [5.41, 5.74) is 3.46. The Morgan fingerprint density at radius 1 is 1.07 bits per heavy atom. The molecule has 2 aromatic carbocycles. The molecule has 2 heterocycles. The van der Waals surface area contributed by atoms with Crippen LogP contribution < -0.4 is 0 Å². The van der Waals surface area contributed by atoms with Gasteiger partial charge in [-0.15, -0.1) is 6.58 Å². The number of hydrogen-bond acceptors (Lipinski definition) is 3. The number of nitrogens with zero attached hydrogens (tertiary/aromatic N) is 2. The van der Waals surface area contributed by atoms with E-state index < -0.39 is 6.17 Å². The minimum absolute atomic E-state index is 0.260. The minimum atomic E-state index is -1.10. The van der Waals surface area contributed by atoms with E-state index in [0.29, 0.717) is 22.7 Å². The highest BCUT2D eigenvalue weighted by Gasteiger charge is 2.12. The van der Waals surface area contributed by atoms with Gasteiger partial charge < -0.3 is 4.42 Å². The number of fused-ring (bicyclic) bond motifs is 1. The number of allylic oxidation sites excluding steroid dienone is 1. The predicted molar refractivity (Wildman–Crippen MR) is 101 cm³/mol. The first kappa shape index (κ1) is 17.1. The van der Waals surface area contributed by atoms with Crippen LogP contribution in [0.1, 0.15) is 18.2 Å². The van der Waals surface area contributed by atoms with Crippen LogP contribution in [-0.4, -0.2) is 9.97 Å². The second-order valence-corrected chi connectivity index (χ2v) is 6.21. The van der Waals surface area contributed by atoms with Gasteiger partial charge in [0.05, 0.1) is 5.52 Å². The predicted octanol–water partition coefficient (Wildman–Crippen LogP) is 6.28. The fourth-order valence-electron chi connectivity index (χ4n) is 2.88. The molecule has 0 amide bonds. The van der Waals surface area contributed by atoms with Gasteiger partial charge in [0.2, 0.25) is 5.89 Å². The zero-order chi connectivity index (χ0) is 18.8. The SMILES string of the molecule is C=CCC(F)c1cnc2cc(-c3coc(-c4ccc(F)cc4)n3)ccc2c1. The van der Waals surface area contributed by atoms with Crippen LogP contribution in [0.4, 0.5) is 8.78 Å². The molecule has 3 nitrogen and oxygen atoms in total. The van der Waals surface area contributed by atoms with E-state index in [1.165, 1.54) is 12.1 Å². The van der Waals surface area contributed by atoms with Crippen LogP contribution in [0.15, 0.2) is 78.1 Å². The van der Waals surface area contributed by atoms with Gasteiger partial charge in [-0.2, -0.15) is 0 Å². The molecule has 0 aliphatic heterocycles. The van der Waals surface area contributed by atoms with Crippen LogP contribution >= 0.6 is 0 Å². The van der Waals surface area contributed by atoms with E-state index in [9.17, 15) is 8.78 Å². The monoisotopic (exact) mass is 362 g/mol. The van der Waals surface area contributed by atoms with E-state index in [4.69, 9.17) is 4.42 Å². The molecule has 2 aromatic heterocycles. The first-order valence-electron chi connectivity index (χ1n) is 8.50. The summed E-state index contributed by atoms with van der Waals surface area (Å²) in [6.45, 7) is 3.57. The molecule has 0 spiro atoms. The number of benzene rings is 2. The largest absolute Gasteiger partial charge is 0.444 e. The van der Waals surface area contributed by atoms with Gasteiger partial charge in [-0.25, -0.2) is 13.8 Å². The van der Waals surface area contributed by atoms with E-state index >= 15 is 0 Å². The quantitative estimate of drug-likeness (QED) is 0.392. The van der Waals surface area contributed by atoms with Crippen LogP contribution in [0.3, 0.4) is 0 Å². The highest BCUT2D eigenvalue weighted by Crippen LogP contribution is 2.29. The van der Waals surface area contributed by atoms with Crippen LogP contribution in [0.2, 0.25) is 0 Å². The van der Waals surface area contributed by atoms with E-state index in [0.717, 1.165) is 16.5 Å². The maximum Gasteiger partial charge on any atom is 0.226 e. The summed E-state index contributed by atoms with van der Waals surface area (Å²) in [4.78, 5) is 8.84. The topological polar surface area (TPSA) is 38.9 Å². The second-order valence-electron chi connectivity index (χ2n) is 6.21. The third-order valence-corrected chi connectivity index (χ3v) is 4.33. The molecule has 27 heavy (non-hydrogen) atoms. The van der Waals surface area contributed by atoms with Crippen LogP contribution in [0, 0.1) is 5.82 Å². The molecule has 4 aromatic rings. The first-order valence-corrected chi connectivity index (χ1v) is 8.50. The lowest BCUT2D eigenvalue weighted by molar-refractivity contribution is 0.347. The summed E-state index contributed by atoms with van der Waals surface area (Å²) in [5, 5.41) is 0.852. The molecule has 1 unspecified atom stereocenters. The van der Waals surface area contributed by atoms with E-state index in [1.54, 1.807) is 36.7 Å². The Hall–Kier alpha value is -3.34. The normalized spacial score (nSPS) is 12.2. The summed E-state index contributed by atoms with van der Waals surface area (Å²) >= 11 is 0. The van der Waals surface area contributed by atoms with Crippen molar-refractivity contribution in [1.29, 1.82) is 0 Å². The highest BCUT2D eigenvalue weighted by atomic mass is 19.1. The number of alkyl halides is 1. The van der Waals surface area contributed by atoms with Crippen LogP contribution in [0.5, 0.6) is 0 Å². The van der Waals surface area contributed by atoms with Crippen molar-refractivity contribution in [2.24, 2.45) is 0 Å². The molecule has 0 saturated heterocycles. The molecule has 5 heteroatoms. The third kappa shape index (κ3) is 3.49. The Morgan fingerprint density at radius 3 is 2.63 bits per heavy atom.